The number of hydrogen-bond donors (Lipinski definition) is 2. The van der Waals surface area contributed by atoms with Crippen LogP contribution in [0, 0.1) is 5.82 Å². The molecule has 1 aromatic heterocycles. The highest BCUT2D eigenvalue weighted by Gasteiger charge is 2.11. The van der Waals surface area contributed by atoms with Crippen molar-refractivity contribution < 1.29 is 9.50 Å². The molecule has 0 aliphatic rings. The second kappa shape index (κ2) is 6.40. The van der Waals surface area contributed by atoms with Crippen molar-refractivity contribution in [3.05, 3.63) is 47.8 Å². The summed E-state index contributed by atoms with van der Waals surface area (Å²) in [6, 6.07) is 6.25. The Morgan fingerprint density at radius 3 is 2.89 bits per heavy atom. The van der Waals surface area contributed by atoms with Crippen molar-refractivity contribution in [2.24, 2.45) is 7.05 Å². The molecule has 1 aromatic carbocycles. The summed E-state index contributed by atoms with van der Waals surface area (Å²) in [4.78, 5) is 0. The maximum Gasteiger partial charge on any atom is 0.133 e. The van der Waals surface area contributed by atoms with Crippen LogP contribution in [0.4, 0.5) is 4.39 Å². The van der Waals surface area contributed by atoms with E-state index >= 15 is 0 Å². The largest absolute Gasteiger partial charge is 0.387 e. The molecule has 1 heterocycles. The molecule has 2 rings (SSSR count). The monoisotopic (exact) mass is 264 g/mol. The minimum absolute atomic E-state index is 0.304. The molecule has 0 spiro atoms. The highest BCUT2D eigenvalue weighted by molar-refractivity contribution is 5.19. The summed E-state index contributed by atoms with van der Waals surface area (Å²) < 4.78 is 15.3. The summed E-state index contributed by atoms with van der Waals surface area (Å²) in [5, 5.41) is 20.7. The molecule has 0 bridgehead atoms. The van der Waals surface area contributed by atoms with Crippen LogP contribution in [0.15, 0.2) is 30.6 Å². The van der Waals surface area contributed by atoms with Crippen molar-refractivity contribution in [3.8, 4) is 0 Å². The molecule has 0 fully saturated rings. The molecule has 102 valence electrons. The Morgan fingerprint density at radius 2 is 2.21 bits per heavy atom. The molecule has 0 saturated carbocycles. The molecule has 0 saturated heterocycles. The molecule has 0 amide bonds. The standard InChI is InChI=1S/C13H17FN4O/c1-18-9-16-17-13(18)6-7-15-8-12(19)10-4-2-3-5-11(10)14/h2-5,9,12,15,19H,6-8H2,1H3. The van der Waals surface area contributed by atoms with Gasteiger partial charge in [-0.3, -0.25) is 0 Å². The van der Waals surface area contributed by atoms with E-state index in [1.54, 1.807) is 24.5 Å². The SMILES string of the molecule is Cn1cnnc1CCNCC(O)c1ccccc1F. The lowest BCUT2D eigenvalue weighted by Gasteiger charge is -2.12. The van der Waals surface area contributed by atoms with Crippen LogP contribution in [0.25, 0.3) is 0 Å². The van der Waals surface area contributed by atoms with E-state index in [-0.39, 0.29) is 5.82 Å². The van der Waals surface area contributed by atoms with Crippen LogP contribution in [-0.2, 0) is 13.5 Å². The summed E-state index contributed by atoms with van der Waals surface area (Å²) in [5.74, 6) is 0.484. The first kappa shape index (κ1) is 13.6. The van der Waals surface area contributed by atoms with Gasteiger partial charge in [0.15, 0.2) is 0 Å². The summed E-state index contributed by atoms with van der Waals surface area (Å²) in [7, 11) is 1.88. The molecule has 5 nitrogen and oxygen atoms in total. The second-order valence-electron chi connectivity index (χ2n) is 4.35. The summed E-state index contributed by atoms with van der Waals surface area (Å²) >= 11 is 0. The zero-order valence-electron chi connectivity index (χ0n) is 10.8. The molecule has 2 N–H and O–H groups in total. The molecule has 2 aromatic rings. The van der Waals surface area contributed by atoms with Gasteiger partial charge in [-0.15, -0.1) is 10.2 Å². The van der Waals surface area contributed by atoms with E-state index in [1.807, 2.05) is 11.6 Å². The van der Waals surface area contributed by atoms with Crippen LogP contribution in [0.2, 0.25) is 0 Å². The fourth-order valence-electron chi connectivity index (χ4n) is 1.83. The summed E-state index contributed by atoms with van der Waals surface area (Å²) in [6.07, 6.45) is 1.50. The van der Waals surface area contributed by atoms with E-state index in [9.17, 15) is 9.50 Å². The number of aliphatic hydroxyl groups excluding tert-OH is 1. The van der Waals surface area contributed by atoms with Gasteiger partial charge in [-0.2, -0.15) is 0 Å². The quantitative estimate of drug-likeness (QED) is 0.758. The van der Waals surface area contributed by atoms with Gasteiger partial charge in [0.25, 0.3) is 0 Å². The van der Waals surface area contributed by atoms with Crippen LogP contribution >= 0.6 is 0 Å². The van der Waals surface area contributed by atoms with Gasteiger partial charge in [0.1, 0.15) is 18.0 Å². The molecule has 19 heavy (non-hydrogen) atoms. The fraction of sp³-hybridized carbons (Fsp3) is 0.385. The third kappa shape index (κ3) is 3.59. The average molecular weight is 264 g/mol. The zero-order valence-corrected chi connectivity index (χ0v) is 10.8. The number of aliphatic hydroxyl groups is 1. The number of benzene rings is 1. The number of aryl methyl sites for hydroxylation is 1. The molecule has 1 atom stereocenters. The van der Waals surface area contributed by atoms with Crippen molar-refractivity contribution >= 4 is 0 Å². The first-order valence-corrected chi connectivity index (χ1v) is 6.14. The topological polar surface area (TPSA) is 63.0 Å². The Hall–Kier alpha value is -1.79. The van der Waals surface area contributed by atoms with Gasteiger partial charge in [0.2, 0.25) is 0 Å². The van der Waals surface area contributed by atoms with Crippen molar-refractivity contribution in [2.75, 3.05) is 13.1 Å². The molecular formula is C13H17FN4O. The van der Waals surface area contributed by atoms with Crippen molar-refractivity contribution in [1.82, 2.24) is 20.1 Å². The minimum atomic E-state index is -0.847. The Labute approximate surface area is 111 Å². The lowest BCUT2D eigenvalue weighted by molar-refractivity contribution is 0.170. The Kier molecular flexibility index (Phi) is 4.59. The lowest BCUT2D eigenvalue weighted by atomic mass is 10.1. The van der Waals surface area contributed by atoms with Crippen molar-refractivity contribution in [2.45, 2.75) is 12.5 Å². The highest BCUT2D eigenvalue weighted by atomic mass is 19.1. The molecule has 6 heteroatoms. The van der Waals surface area contributed by atoms with Gasteiger partial charge >= 0.3 is 0 Å². The van der Waals surface area contributed by atoms with E-state index in [4.69, 9.17) is 0 Å². The van der Waals surface area contributed by atoms with Crippen LogP contribution in [0.3, 0.4) is 0 Å². The van der Waals surface area contributed by atoms with Gasteiger partial charge in [0.05, 0.1) is 6.10 Å². The second-order valence-corrected chi connectivity index (χ2v) is 4.35. The number of hydrogen-bond acceptors (Lipinski definition) is 4. The van der Waals surface area contributed by atoms with E-state index in [1.165, 1.54) is 6.07 Å². The number of nitrogens with zero attached hydrogens (tertiary/aromatic N) is 3. The van der Waals surface area contributed by atoms with E-state index in [0.717, 1.165) is 5.82 Å². The van der Waals surface area contributed by atoms with Crippen LogP contribution in [0.1, 0.15) is 17.5 Å². The number of nitrogens with one attached hydrogen (secondary N) is 1. The van der Waals surface area contributed by atoms with Gasteiger partial charge in [-0.25, -0.2) is 4.39 Å². The lowest BCUT2D eigenvalue weighted by Crippen LogP contribution is -2.25. The van der Waals surface area contributed by atoms with Gasteiger partial charge in [-0.05, 0) is 6.07 Å². The van der Waals surface area contributed by atoms with Crippen LogP contribution in [0.5, 0.6) is 0 Å². The Bertz CT molecular complexity index is 529. The van der Waals surface area contributed by atoms with Crippen LogP contribution in [-0.4, -0.2) is 33.0 Å². The van der Waals surface area contributed by atoms with E-state index in [0.29, 0.717) is 25.1 Å². The zero-order chi connectivity index (χ0) is 13.7. The first-order chi connectivity index (χ1) is 9.18. The summed E-state index contributed by atoms with van der Waals surface area (Å²) in [5.41, 5.74) is 0.314. The molecule has 0 radical (unpaired) electrons. The number of halogens is 1. The third-order valence-electron chi connectivity index (χ3n) is 2.93. The Morgan fingerprint density at radius 1 is 1.42 bits per heavy atom. The number of aromatic nitrogens is 3. The average Bonchev–Trinajstić information content (AvgIpc) is 2.80. The smallest absolute Gasteiger partial charge is 0.133 e. The van der Waals surface area contributed by atoms with E-state index in [2.05, 4.69) is 15.5 Å². The van der Waals surface area contributed by atoms with Crippen molar-refractivity contribution in [1.29, 1.82) is 0 Å². The number of rotatable bonds is 6. The maximum absolute atomic E-state index is 13.4. The molecule has 0 aliphatic heterocycles. The maximum atomic E-state index is 13.4. The first-order valence-electron chi connectivity index (χ1n) is 6.14. The summed E-state index contributed by atoms with van der Waals surface area (Å²) in [6.45, 7) is 0.955. The van der Waals surface area contributed by atoms with Gasteiger partial charge in [-0.1, -0.05) is 18.2 Å². The fourth-order valence-corrected chi connectivity index (χ4v) is 1.83. The van der Waals surface area contributed by atoms with Gasteiger partial charge < -0.3 is 15.0 Å². The van der Waals surface area contributed by atoms with Crippen molar-refractivity contribution in [3.63, 3.8) is 0 Å². The third-order valence-corrected chi connectivity index (χ3v) is 2.93. The normalized spacial score (nSPS) is 12.6. The molecular weight excluding hydrogens is 247 g/mol. The highest BCUT2D eigenvalue weighted by Crippen LogP contribution is 2.15. The van der Waals surface area contributed by atoms with Gasteiger partial charge in [0, 0.05) is 32.1 Å². The molecule has 0 aliphatic carbocycles. The van der Waals surface area contributed by atoms with E-state index < -0.39 is 6.10 Å². The molecule has 1 unspecified atom stereocenters. The predicted molar refractivity (Wildman–Crippen MR) is 68.9 cm³/mol. The predicted octanol–water partition coefficient (Wildman–Crippen LogP) is 0.820. The van der Waals surface area contributed by atoms with Crippen LogP contribution < -0.4 is 5.32 Å². The minimum Gasteiger partial charge on any atom is -0.387 e. The Balaban J connectivity index is 1.77.